The topological polar surface area (TPSA) is 58.6 Å². The number of carbonyl (C=O) groups is 2. The highest BCUT2D eigenvalue weighted by Gasteiger charge is 2.14. The third-order valence-electron chi connectivity index (χ3n) is 4.35. The Morgan fingerprint density at radius 1 is 1.11 bits per heavy atom. The lowest BCUT2D eigenvalue weighted by Gasteiger charge is -2.18. The molecule has 2 rings (SSSR count). The van der Waals surface area contributed by atoms with Crippen molar-refractivity contribution in [2.24, 2.45) is 0 Å². The Kier molecular flexibility index (Phi) is 8.05. The molecule has 0 aliphatic heterocycles. The van der Waals surface area contributed by atoms with E-state index < -0.39 is 0 Å². The highest BCUT2D eigenvalue weighted by atomic mass is 79.9. The highest BCUT2D eigenvalue weighted by Crippen LogP contribution is 2.22. The van der Waals surface area contributed by atoms with Crippen LogP contribution < -0.4 is 10.1 Å². The van der Waals surface area contributed by atoms with E-state index >= 15 is 0 Å². The van der Waals surface area contributed by atoms with Crippen molar-refractivity contribution in [1.82, 2.24) is 4.90 Å². The predicted molar refractivity (Wildman–Crippen MR) is 116 cm³/mol. The summed E-state index contributed by atoms with van der Waals surface area (Å²) in [5.41, 5.74) is 4.01. The molecule has 2 aromatic rings. The van der Waals surface area contributed by atoms with Gasteiger partial charge in [0, 0.05) is 23.6 Å². The van der Waals surface area contributed by atoms with Crippen LogP contribution in [0.2, 0.25) is 0 Å². The van der Waals surface area contributed by atoms with Gasteiger partial charge >= 0.3 is 0 Å². The van der Waals surface area contributed by atoms with Crippen molar-refractivity contribution in [3.63, 3.8) is 0 Å². The van der Waals surface area contributed by atoms with E-state index in [4.69, 9.17) is 4.74 Å². The van der Waals surface area contributed by atoms with Crippen LogP contribution >= 0.6 is 15.9 Å². The average molecular weight is 447 g/mol. The molecule has 0 saturated carbocycles. The number of rotatable bonds is 8. The number of amides is 2. The van der Waals surface area contributed by atoms with Crippen molar-refractivity contribution in [3.8, 4) is 5.75 Å². The van der Waals surface area contributed by atoms with Gasteiger partial charge in [-0.15, -0.1) is 0 Å². The number of halogens is 1. The van der Waals surface area contributed by atoms with Crippen LogP contribution in [0.15, 0.2) is 40.9 Å². The molecule has 0 aliphatic carbocycles. The smallest absolute Gasteiger partial charge is 0.243 e. The number of hydrogen-bond acceptors (Lipinski definition) is 3. The number of carbonyl (C=O) groups excluding carboxylic acids is 2. The molecule has 0 aliphatic rings. The monoisotopic (exact) mass is 446 g/mol. The number of likely N-dealkylation sites (N-methyl/N-ethyl adjacent to an activating group) is 1. The van der Waals surface area contributed by atoms with Gasteiger partial charge in [-0.1, -0.05) is 39.7 Å². The van der Waals surface area contributed by atoms with Gasteiger partial charge in [-0.3, -0.25) is 9.59 Å². The van der Waals surface area contributed by atoms with Crippen LogP contribution in [-0.4, -0.2) is 36.9 Å². The molecule has 0 bridgehead atoms. The lowest BCUT2D eigenvalue weighted by molar-refractivity contribution is -0.133. The van der Waals surface area contributed by atoms with Crippen LogP contribution in [0.25, 0.3) is 0 Å². The molecule has 0 aromatic heterocycles. The predicted octanol–water partition coefficient (Wildman–Crippen LogP) is 4.63. The van der Waals surface area contributed by atoms with Crippen molar-refractivity contribution in [3.05, 3.63) is 57.6 Å². The lowest BCUT2D eigenvalue weighted by atomic mass is 10.1. The minimum atomic E-state index is -0.198. The number of ether oxygens (including phenoxy) is 1. The SMILES string of the molecule is Cc1cc(C)c(NC(=O)CN(C)C(=O)CCCOc2cccc(Br)c2)c(C)c1. The van der Waals surface area contributed by atoms with Crippen LogP contribution in [0.1, 0.15) is 29.5 Å². The van der Waals surface area contributed by atoms with Gasteiger partial charge in [-0.05, 0) is 56.5 Å². The van der Waals surface area contributed by atoms with Crippen LogP contribution in [0.5, 0.6) is 5.75 Å². The summed E-state index contributed by atoms with van der Waals surface area (Å²) >= 11 is 3.39. The van der Waals surface area contributed by atoms with E-state index in [-0.39, 0.29) is 18.4 Å². The maximum absolute atomic E-state index is 12.3. The van der Waals surface area contributed by atoms with Crippen LogP contribution in [0, 0.1) is 20.8 Å². The van der Waals surface area contributed by atoms with E-state index in [1.807, 2.05) is 57.2 Å². The molecule has 0 radical (unpaired) electrons. The molecule has 1 N–H and O–H groups in total. The Morgan fingerprint density at radius 3 is 2.43 bits per heavy atom. The summed E-state index contributed by atoms with van der Waals surface area (Å²) in [5.74, 6) is 0.486. The largest absolute Gasteiger partial charge is 0.494 e. The minimum absolute atomic E-state index is 0.0259. The summed E-state index contributed by atoms with van der Waals surface area (Å²) < 4.78 is 6.58. The number of nitrogens with zero attached hydrogens (tertiary/aromatic N) is 1. The van der Waals surface area contributed by atoms with Gasteiger partial charge in [-0.25, -0.2) is 0 Å². The number of benzene rings is 2. The zero-order chi connectivity index (χ0) is 20.7. The fourth-order valence-corrected chi connectivity index (χ4v) is 3.40. The Labute approximate surface area is 175 Å². The standard InChI is InChI=1S/C22H27BrN2O3/c1-15-11-16(2)22(17(3)12-15)24-20(26)14-25(4)21(27)9-6-10-28-19-8-5-7-18(23)13-19/h5,7-8,11-13H,6,9-10,14H2,1-4H3,(H,24,26). The maximum atomic E-state index is 12.3. The van der Waals surface area contributed by atoms with Crippen molar-refractivity contribution < 1.29 is 14.3 Å². The minimum Gasteiger partial charge on any atom is -0.494 e. The van der Waals surface area contributed by atoms with Gasteiger partial charge in [0.05, 0.1) is 13.2 Å². The van der Waals surface area contributed by atoms with Crippen molar-refractivity contribution in [1.29, 1.82) is 0 Å². The van der Waals surface area contributed by atoms with Gasteiger partial charge in [0.1, 0.15) is 5.75 Å². The van der Waals surface area contributed by atoms with E-state index in [0.29, 0.717) is 19.4 Å². The van der Waals surface area contributed by atoms with Crippen LogP contribution in [0.3, 0.4) is 0 Å². The van der Waals surface area contributed by atoms with E-state index in [0.717, 1.165) is 32.6 Å². The van der Waals surface area contributed by atoms with Crippen molar-refractivity contribution in [2.75, 3.05) is 25.5 Å². The summed E-state index contributed by atoms with van der Waals surface area (Å²) in [6, 6.07) is 11.6. The van der Waals surface area contributed by atoms with Gasteiger partial charge < -0.3 is 15.0 Å². The van der Waals surface area contributed by atoms with E-state index in [9.17, 15) is 9.59 Å². The van der Waals surface area contributed by atoms with Crippen LogP contribution in [0.4, 0.5) is 5.69 Å². The zero-order valence-electron chi connectivity index (χ0n) is 16.8. The first kappa shape index (κ1) is 22.0. The number of hydrogen-bond donors (Lipinski definition) is 1. The molecule has 0 spiro atoms. The maximum Gasteiger partial charge on any atom is 0.243 e. The molecule has 28 heavy (non-hydrogen) atoms. The van der Waals surface area contributed by atoms with E-state index in [1.54, 1.807) is 7.05 Å². The van der Waals surface area contributed by atoms with Crippen molar-refractivity contribution in [2.45, 2.75) is 33.6 Å². The normalized spacial score (nSPS) is 10.5. The quantitative estimate of drug-likeness (QED) is 0.601. The molecule has 0 atom stereocenters. The molecule has 0 unspecified atom stereocenters. The molecule has 0 heterocycles. The Bertz CT molecular complexity index is 828. The Morgan fingerprint density at radius 2 is 1.79 bits per heavy atom. The van der Waals surface area contributed by atoms with Gasteiger partial charge in [0.25, 0.3) is 0 Å². The Balaban J connectivity index is 1.76. The number of anilines is 1. The summed E-state index contributed by atoms with van der Waals surface area (Å²) in [6.07, 6.45) is 0.924. The zero-order valence-corrected chi connectivity index (χ0v) is 18.4. The second-order valence-corrected chi connectivity index (χ2v) is 7.90. The molecule has 150 valence electrons. The molecule has 5 nitrogen and oxygen atoms in total. The fourth-order valence-electron chi connectivity index (χ4n) is 3.02. The third-order valence-corrected chi connectivity index (χ3v) is 4.84. The van der Waals surface area contributed by atoms with Crippen molar-refractivity contribution >= 4 is 33.4 Å². The third kappa shape index (κ3) is 6.68. The summed E-state index contributed by atoms with van der Waals surface area (Å²) in [4.78, 5) is 26.0. The van der Waals surface area contributed by atoms with Gasteiger partial charge in [0.15, 0.2) is 0 Å². The number of nitrogens with one attached hydrogen (secondary N) is 1. The van der Waals surface area contributed by atoms with E-state index in [2.05, 4.69) is 21.2 Å². The van der Waals surface area contributed by atoms with Gasteiger partial charge in [-0.2, -0.15) is 0 Å². The molecular formula is C22H27BrN2O3. The first-order valence-electron chi connectivity index (χ1n) is 9.26. The lowest BCUT2D eigenvalue weighted by Crippen LogP contribution is -2.35. The molecule has 2 aromatic carbocycles. The summed E-state index contributed by atoms with van der Waals surface area (Å²) in [5, 5.41) is 2.92. The van der Waals surface area contributed by atoms with Crippen LogP contribution in [-0.2, 0) is 9.59 Å². The second-order valence-electron chi connectivity index (χ2n) is 6.98. The van der Waals surface area contributed by atoms with Gasteiger partial charge in [0.2, 0.25) is 11.8 Å². The molecule has 2 amide bonds. The summed E-state index contributed by atoms with van der Waals surface area (Å²) in [6.45, 7) is 6.44. The first-order valence-corrected chi connectivity index (χ1v) is 10.1. The fraction of sp³-hybridized carbons (Fsp3) is 0.364. The van der Waals surface area contributed by atoms with E-state index in [1.165, 1.54) is 4.90 Å². The number of aryl methyl sites for hydroxylation is 3. The molecular weight excluding hydrogens is 420 g/mol. The first-order chi connectivity index (χ1) is 13.3. The second kappa shape index (κ2) is 10.3. The molecule has 0 fully saturated rings. The Hall–Kier alpha value is -2.34. The molecule has 6 heteroatoms. The summed E-state index contributed by atoms with van der Waals surface area (Å²) in [7, 11) is 1.64. The average Bonchev–Trinajstić information content (AvgIpc) is 2.61. The molecule has 0 saturated heterocycles. The highest BCUT2D eigenvalue weighted by molar-refractivity contribution is 9.10.